The molecule has 0 N–H and O–H groups in total. The number of rotatable bonds is 3. The molecule has 100 valence electrons. The molecule has 0 fully saturated rings. The molecule has 1 unspecified atom stereocenters. The normalized spacial score (nSPS) is 12.3. The Kier molecular flexibility index (Phi) is 5.02. The molecule has 2 rings (SSSR count). The lowest BCUT2D eigenvalue weighted by molar-refractivity contribution is 0.410. The summed E-state index contributed by atoms with van der Waals surface area (Å²) in [5, 5.41) is 0.893. The first-order valence-electron chi connectivity index (χ1n) is 5.45. The Morgan fingerprint density at radius 1 is 1.00 bits per heavy atom. The van der Waals surface area contributed by atoms with Crippen molar-refractivity contribution >= 4 is 50.7 Å². The molecular formula is C14H10BrCl3O. The first-order chi connectivity index (χ1) is 9.02. The van der Waals surface area contributed by atoms with Gasteiger partial charge in [-0.1, -0.05) is 45.2 Å². The Balaban J connectivity index is 2.49. The summed E-state index contributed by atoms with van der Waals surface area (Å²) in [5.74, 6) is 0.700. The molecule has 0 saturated heterocycles. The largest absolute Gasteiger partial charge is 0.496 e. The average molecular weight is 380 g/mol. The van der Waals surface area contributed by atoms with Gasteiger partial charge in [0.2, 0.25) is 0 Å². The van der Waals surface area contributed by atoms with Crippen LogP contribution in [-0.2, 0) is 0 Å². The van der Waals surface area contributed by atoms with E-state index in [2.05, 4.69) is 15.9 Å². The van der Waals surface area contributed by atoms with Crippen molar-refractivity contribution in [1.82, 2.24) is 0 Å². The fourth-order valence-corrected chi connectivity index (χ4v) is 3.36. The van der Waals surface area contributed by atoms with Crippen LogP contribution in [0.1, 0.15) is 16.5 Å². The van der Waals surface area contributed by atoms with E-state index in [0.29, 0.717) is 15.8 Å². The average Bonchev–Trinajstić information content (AvgIpc) is 2.38. The molecule has 2 aromatic rings. The predicted molar refractivity (Wildman–Crippen MR) is 84.9 cm³/mol. The summed E-state index contributed by atoms with van der Waals surface area (Å²) in [4.78, 5) is 0. The molecule has 0 spiro atoms. The van der Waals surface area contributed by atoms with Crippen LogP contribution < -0.4 is 4.74 Å². The van der Waals surface area contributed by atoms with Crippen molar-refractivity contribution in [2.75, 3.05) is 7.11 Å². The Morgan fingerprint density at radius 2 is 1.63 bits per heavy atom. The van der Waals surface area contributed by atoms with Gasteiger partial charge in [0.15, 0.2) is 0 Å². The van der Waals surface area contributed by atoms with Crippen LogP contribution in [0.5, 0.6) is 5.75 Å². The summed E-state index contributed by atoms with van der Waals surface area (Å²) in [6, 6.07) is 10.9. The predicted octanol–water partition coefficient (Wildman–Crippen LogP) is 6.09. The number of halogens is 4. The van der Waals surface area contributed by atoms with E-state index in [-0.39, 0.29) is 5.38 Å². The molecule has 0 aliphatic carbocycles. The first kappa shape index (κ1) is 15.0. The minimum atomic E-state index is -0.375. The van der Waals surface area contributed by atoms with Gasteiger partial charge in [-0.05, 0) is 35.9 Å². The van der Waals surface area contributed by atoms with Crippen LogP contribution in [0.2, 0.25) is 10.0 Å². The Labute approximate surface area is 135 Å². The summed E-state index contributed by atoms with van der Waals surface area (Å²) >= 11 is 22.0. The van der Waals surface area contributed by atoms with E-state index in [9.17, 15) is 0 Å². The maximum Gasteiger partial charge on any atom is 0.123 e. The van der Waals surface area contributed by atoms with Gasteiger partial charge in [-0.3, -0.25) is 0 Å². The van der Waals surface area contributed by atoms with Crippen molar-refractivity contribution < 1.29 is 4.74 Å². The SMILES string of the molecule is COc1ccc(Cl)cc1C(Cl)c1ccc(Cl)cc1Br. The minimum absolute atomic E-state index is 0.375. The quantitative estimate of drug-likeness (QED) is 0.585. The van der Waals surface area contributed by atoms with Crippen LogP contribution in [0.4, 0.5) is 0 Å². The maximum absolute atomic E-state index is 6.53. The van der Waals surface area contributed by atoms with Gasteiger partial charge in [0.05, 0.1) is 12.5 Å². The summed E-state index contributed by atoms with van der Waals surface area (Å²) in [7, 11) is 1.60. The Morgan fingerprint density at radius 3 is 2.26 bits per heavy atom. The van der Waals surface area contributed by atoms with Crippen LogP contribution in [0, 0.1) is 0 Å². The number of alkyl halides is 1. The van der Waals surface area contributed by atoms with Gasteiger partial charge >= 0.3 is 0 Å². The molecule has 0 amide bonds. The maximum atomic E-state index is 6.53. The highest BCUT2D eigenvalue weighted by Crippen LogP contribution is 2.40. The molecule has 1 atom stereocenters. The third kappa shape index (κ3) is 3.38. The smallest absolute Gasteiger partial charge is 0.123 e. The fourth-order valence-electron chi connectivity index (χ4n) is 1.78. The van der Waals surface area contributed by atoms with Gasteiger partial charge < -0.3 is 4.74 Å². The molecular weight excluding hydrogens is 370 g/mol. The van der Waals surface area contributed by atoms with Gasteiger partial charge in [-0.2, -0.15) is 0 Å². The zero-order valence-corrected chi connectivity index (χ0v) is 13.8. The van der Waals surface area contributed by atoms with E-state index in [4.69, 9.17) is 39.5 Å². The standard InChI is InChI=1S/C14H10BrCl3O/c1-19-13-5-3-8(16)6-11(13)14(18)10-4-2-9(17)7-12(10)15/h2-7,14H,1H3. The topological polar surface area (TPSA) is 9.23 Å². The number of ether oxygens (including phenoxy) is 1. The Hall–Kier alpha value is -0.410. The number of hydrogen-bond acceptors (Lipinski definition) is 1. The van der Waals surface area contributed by atoms with E-state index >= 15 is 0 Å². The highest BCUT2D eigenvalue weighted by molar-refractivity contribution is 9.10. The molecule has 2 aromatic carbocycles. The van der Waals surface area contributed by atoms with Crippen molar-refractivity contribution in [1.29, 1.82) is 0 Å². The van der Waals surface area contributed by atoms with Gasteiger partial charge in [0.25, 0.3) is 0 Å². The van der Waals surface area contributed by atoms with E-state index < -0.39 is 0 Å². The highest BCUT2D eigenvalue weighted by Gasteiger charge is 2.18. The molecule has 1 nitrogen and oxygen atoms in total. The lowest BCUT2D eigenvalue weighted by atomic mass is 10.0. The van der Waals surface area contributed by atoms with Crippen molar-refractivity contribution in [3.05, 3.63) is 62.0 Å². The van der Waals surface area contributed by atoms with Crippen LogP contribution in [0.3, 0.4) is 0 Å². The van der Waals surface area contributed by atoms with Crippen LogP contribution in [0.15, 0.2) is 40.9 Å². The number of benzene rings is 2. The molecule has 0 radical (unpaired) electrons. The zero-order chi connectivity index (χ0) is 14.0. The van der Waals surface area contributed by atoms with Crippen molar-refractivity contribution in [3.63, 3.8) is 0 Å². The molecule has 0 heterocycles. The molecule has 19 heavy (non-hydrogen) atoms. The third-order valence-electron chi connectivity index (χ3n) is 2.70. The van der Waals surface area contributed by atoms with Crippen LogP contribution in [0.25, 0.3) is 0 Å². The van der Waals surface area contributed by atoms with E-state index in [1.165, 1.54) is 0 Å². The number of methoxy groups -OCH3 is 1. The molecule has 0 aromatic heterocycles. The zero-order valence-electron chi connectivity index (χ0n) is 9.96. The van der Waals surface area contributed by atoms with E-state index in [1.807, 2.05) is 12.1 Å². The van der Waals surface area contributed by atoms with Crippen LogP contribution in [-0.4, -0.2) is 7.11 Å². The monoisotopic (exact) mass is 378 g/mol. The second-order valence-corrected chi connectivity index (χ2v) is 6.08. The summed E-state index contributed by atoms with van der Waals surface area (Å²) < 4.78 is 6.17. The van der Waals surface area contributed by atoms with Gasteiger partial charge in [-0.15, -0.1) is 11.6 Å². The van der Waals surface area contributed by atoms with Gasteiger partial charge in [-0.25, -0.2) is 0 Å². The lowest BCUT2D eigenvalue weighted by Gasteiger charge is -2.16. The van der Waals surface area contributed by atoms with Gasteiger partial charge in [0.1, 0.15) is 5.75 Å². The minimum Gasteiger partial charge on any atom is -0.496 e. The second-order valence-electron chi connectivity index (χ2n) is 3.91. The first-order valence-corrected chi connectivity index (χ1v) is 7.44. The van der Waals surface area contributed by atoms with E-state index in [0.717, 1.165) is 15.6 Å². The summed E-state index contributed by atoms with van der Waals surface area (Å²) in [5.41, 5.74) is 1.73. The van der Waals surface area contributed by atoms with Crippen molar-refractivity contribution in [2.24, 2.45) is 0 Å². The molecule has 0 bridgehead atoms. The Bertz CT molecular complexity index is 601. The van der Waals surface area contributed by atoms with Gasteiger partial charge in [0, 0.05) is 20.1 Å². The third-order valence-corrected chi connectivity index (χ3v) is 4.33. The number of hydrogen-bond donors (Lipinski definition) is 0. The molecule has 0 aliphatic rings. The van der Waals surface area contributed by atoms with E-state index in [1.54, 1.807) is 31.4 Å². The lowest BCUT2D eigenvalue weighted by Crippen LogP contribution is -1.98. The van der Waals surface area contributed by atoms with Crippen molar-refractivity contribution in [3.8, 4) is 5.75 Å². The second kappa shape index (κ2) is 6.36. The van der Waals surface area contributed by atoms with Crippen molar-refractivity contribution in [2.45, 2.75) is 5.38 Å². The molecule has 5 heteroatoms. The molecule has 0 saturated carbocycles. The highest BCUT2D eigenvalue weighted by atomic mass is 79.9. The molecule has 0 aliphatic heterocycles. The van der Waals surface area contributed by atoms with Crippen LogP contribution >= 0.6 is 50.7 Å². The fraction of sp³-hybridized carbons (Fsp3) is 0.143. The summed E-state index contributed by atoms with van der Waals surface area (Å²) in [6.07, 6.45) is 0. The summed E-state index contributed by atoms with van der Waals surface area (Å²) in [6.45, 7) is 0.